The molecule has 154 valence electrons. The summed E-state index contributed by atoms with van der Waals surface area (Å²) in [4.78, 5) is 11.4. The quantitative estimate of drug-likeness (QED) is 0.378. The summed E-state index contributed by atoms with van der Waals surface area (Å²) < 4.78 is 154. The van der Waals surface area contributed by atoms with E-state index < -0.39 is 77.6 Å². The Morgan fingerprint density at radius 2 is 1.33 bits per heavy atom. The van der Waals surface area contributed by atoms with E-state index in [1.165, 1.54) is 0 Å². The lowest BCUT2D eigenvalue weighted by atomic mass is 9.73. The van der Waals surface area contributed by atoms with Crippen molar-refractivity contribution in [3.63, 3.8) is 0 Å². The maximum absolute atomic E-state index is 15.0. The molecule has 0 spiro atoms. The van der Waals surface area contributed by atoms with Crippen molar-refractivity contribution < 1.29 is 57.8 Å². The van der Waals surface area contributed by atoms with Gasteiger partial charge in [-0.25, -0.2) is 13.6 Å². The van der Waals surface area contributed by atoms with E-state index >= 15 is 0 Å². The molecule has 3 aliphatic carbocycles. The van der Waals surface area contributed by atoms with Gasteiger partial charge in [0, 0.05) is 11.8 Å². The second kappa shape index (κ2) is 4.88. The van der Waals surface area contributed by atoms with Gasteiger partial charge in [0.05, 0.1) is 0 Å². The number of hydrogen-bond acceptors (Lipinski definition) is 2. The lowest BCUT2D eigenvalue weighted by Gasteiger charge is -2.42. The number of carbonyl (C=O) groups excluding carboxylic acids is 1. The van der Waals surface area contributed by atoms with Crippen molar-refractivity contribution in [3.8, 4) is 0 Å². The third kappa shape index (κ3) is 1.86. The number of fused-ring (bicyclic) bond motifs is 5. The molecule has 2 bridgehead atoms. The maximum Gasteiger partial charge on any atom is 0.422 e. The van der Waals surface area contributed by atoms with E-state index in [1.54, 1.807) is 0 Å². The molecule has 0 radical (unpaired) electrons. The first-order chi connectivity index (χ1) is 11.9. The number of rotatable bonds is 2. The lowest BCUT2D eigenvalue weighted by Crippen LogP contribution is -2.63. The summed E-state index contributed by atoms with van der Waals surface area (Å²) in [6, 6.07) is 0. The van der Waals surface area contributed by atoms with Gasteiger partial charge in [-0.2, -0.15) is 39.5 Å². The van der Waals surface area contributed by atoms with Crippen molar-refractivity contribution >= 4 is 5.97 Å². The number of alkyl halides is 11. The molecule has 0 aromatic heterocycles. The van der Waals surface area contributed by atoms with Gasteiger partial charge < -0.3 is 4.74 Å². The molecule has 3 rings (SSSR count). The van der Waals surface area contributed by atoms with Crippen LogP contribution in [0, 0.1) is 11.8 Å². The first-order valence-corrected chi connectivity index (χ1v) is 7.37. The van der Waals surface area contributed by atoms with E-state index in [0.29, 0.717) is 0 Å². The average Bonchev–Trinajstić information content (AvgIpc) is 3.04. The smallest absolute Gasteiger partial charge is 0.422 e. The van der Waals surface area contributed by atoms with Crippen LogP contribution in [0.4, 0.5) is 48.3 Å². The van der Waals surface area contributed by atoms with Crippen molar-refractivity contribution in [1.29, 1.82) is 0 Å². The molecule has 3 fully saturated rings. The van der Waals surface area contributed by atoms with E-state index in [1.807, 2.05) is 0 Å². The summed E-state index contributed by atoms with van der Waals surface area (Å²) >= 11 is 0. The zero-order chi connectivity index (χ0) is 21.0. The van der Waals surface area contributed by atoms with Gasteiger partial charge in [-0.05, 0) is 12.8 Å². The van der Waals surface area contributed by atoms with E-state index in [0.717, 1.165) is 0 Å². The molecule has 0 amide bonds. The van der Waals surface area contributed by atoms with Gasteiger partial charge in [0.15, 0.2) is 0 Å². The fourth-order valence-electron chi connectivity index (χ4n) is 4.36. The van der Waals surface area contributed by atoms with Gasteiger partial charge >= 0.3 is 29.9 Å². The monoisotopic (exact) mass is 418 g/mol. The van der Waals surface area contributed by atoms with Gasteiger partial charge in [-0.3, -0.25) is 0 Å². The molecule has 3 saturated carbocycles. The van der Waals surface area contributed by atoms with Crippen molar-refractivity contribution in [1.82, 2.24) is 0 Å². The summed E-state index contributed by atoms with van der Waals surface area (Å²) in [5, 5.41) is 0. The topological polar surface area (TPSA) is 26.3 Å². The minimum absolute atomic E-state index is 1.12. The van der Waals surface area contributed by atoms with Crippen LogP contribution in [0.5, 0.6) is 0 Å². The first kappa shape index (κ1) is 20.2. The van der Waals surface area contributed by atoms with Gasteiger partial charge in [0.1, 0.15) is 11.7 Å². The molecule has 13 heteroatoms. The van der Waals surface area contributed by atoms with Gasteiger partial charge in [-0.15, -0.1) is 0 Å². The molecule has 0 N–H and O–H groups in total. The molecule has 0 aromatic rings. The van der Waals surface area contributed by atoms with Crippen molar-refractivity contribution in [2.75, 3.05) is 0 Å². The van der Waals surface area contributed by atoms with Crippen LogP contribution >= 0.6 is 0 Å². The normalized spacial score (nSPS) is 43.4. The second-order valence-electron chi connectivity index (χ2n) is 6.84. The van der Waals surface area contributed by atoms with E-state index in [4.69, 9.17) is 0 Å². The summed E-state index contributed by atoms with van der Waals surface area (Å²) in [5.41, 5.74) is -12.2. The molecule has 0 heterocycles. The highest BCUT2D eigenvalue weighted by Gasteiger charge is 3.04. The number of carbonyl (C=O) groups is 1. The van der Waals surface area contributed by atoms with Crippen LogP contribution < -0.4 is 0 Å². The Hall–Kier alpha value is -1.56. The highest BCUT2D eigenvalue weighted by Crippen LogP contribution is 2.79. The standard InChI is InChI=1S/C14H9F11O2/c1-4(11(17,18)19)8(26)27-7-3-5-2-6(7)10(16)9(5,15)12(20,21)14(24,25)13(10,22)23/h5-7H,1-3H2. The molecule has 5 unspecified atom stereocenters. The average molecular weight is 418 g/mol. The Labute approximate surface area is 143 Å². The predicted molar refractivity (Wildman–Crippen MR) is 63.8 cm³/mol. The van der Waals surface area contributed by atoms with E-state index in [-0.39, 0.29) is 0 Å². The van der Waals surface area contributed by atoms with Crippen molar-refractivity contribution in [2.45, 2.75) is 54.2 Å². The minimum Gasteiger partial charge on any atom is -0.458 e. The Kier molecular flexibility index (Phi) is 3.65. The molecule has 27 heavy (non-hydrogen) atoms. The summed E-state index contributed by atoms with van der Waals surface area (Å²) in [7, 11) is 0. The van der Waals surface area contributed by atoms with Crippen LogP contribution in [0.15, 0.2) is 12.2 Å². The third-order valence-corrected chi connectivity index (χ3v) is 5.66. The van der Waals surface area contributed by atoms with Crippen LogP contribution in [0.2, 0.25) is 0 Å². The zero-order valence-corrected chi connectivity index (χ0v) is 12.8. The highest BCUT2D eigenvalue weighted by atomic mass is 19.4. The second-order valence-corrected chi connectivity index (χ2v) is 6.84. The fourth-order valence-corrected chi connectivity index (χ4v) is 4.36. The van der Waals surface area contributed by atoms with Crippen LogP contribution in [0.3, 0.4) is 0 Å². The van der Waals surface area contributed by atoms with E-state index in [9.17, 15) is 53.1 Å². The molecule has 0 aromatic carbocycles. The number of esters is 1. The highest BCUT2D eigenvalue weighted by molar-refractivity contribution is 5.89. The molecular weight excluding hydrogens is 409 g/mol. The lowest BCUT2D eigenvalue weighted by molar-refractivity contribution is -0.298. The molecule has 0 aliphatic heterocycles. The van der Waals surface area contributed by atoms with Crippen LogP contribution in [0.25, 0.3) is 0 Å². The Balaban J connectivity index is 1.99. The largest absolute Gasteiger partial charge is 0.458 e. The number of hydrogen-bond donors (Lipinski definition) is 0. The summed E-state index contributed by atoms with van der Waals surface area (Å²) in [6.45, 7) is 2.35. The molecule has 0 saturated heterocycles. The molecule has 2 nitrogen and oxygen atoms in total. The molecular formula is C14H9F11O2. The Morgan fingerprint density at radius 1 is 0.852 bits per heavy atom. The predicted octanol–water partition coefficient (Wildman–Crippen LogP) is 4.39. The molecule has 5 atom stereocenters. The first-order valence-electron chi connectivity index (χ1n) is 7.37. The number of ether oxygens (including phenoxy) is 1. The van der Waals surface area contributed by atoms with Crippen molar-refractivity contribution in [2.24, 2.45) is 11.8 Å². The fraction of sp³-hybridized carbons (Fsp3) is 0.786. The summed E-state index contributed by atoms with van der Waals surface area (Å²) in [6.07, 6.45) is -9.79. The SMILES string of the molecule is C=C(C(=O)OC1CC2CC1C1(F)C(F)(F)C(F)(F)C(F)(F)C21F)C(F)(F)F. The minimum atomic E-state index is -6.39. The van der Waals surface area contributed by atoms with Crippen LogP contribution in [-0.2, 0) is 9.53 Å². The summed E-state index contributed by atoms with van der Waals surface area (Å²) in [5.74, 6) is -26.0. The Morgan fingerprint density at radius 3 is 1.81 bits per heavy atom. The van der Waals surface area contributed by atoms with Crippen LogP contribution in [-0.4, -0.2) is 47.4 Å². The molecule has 3 aliphatic rings. The zero-order valence-electron chi connectivity index (χ0n) is 12.8. The van der Waals surface area contributed by atoms with Gasteiger partial charge in [-0.1, -0.05) is 6.58 Å². The maximum atomic E-state index is 15.0. The van der Waals surface area contributed by atoms with Crippen molar-refractivity contribution in [3.05, 3.63) is 12.2 Å². The third-order valence-electron chi connectivity index (χ3n) is 5.66. The number of halogens is 11. The van der Waals surface area contributed by atoms with Gasteiger partial charge in [0.25, 0.3) is 0 Å². The van der Waals surface area contributed by atoms with E-state index in [2.05, 4.69) is 11.3 Å². The Bertz CT molecular complexity index is 714. The van der Waals surface area contributed by atoms with Gasteiger partial charge in [0.2, 0.25) is 11.3 Å². The van der Waals surface area contributed by atoms with Crippen LogP contribution in [0.1, 0.15) is 12.8 Å².